The lowest BCUT2D eigenvalue weighted by Gasteiger charge is -2.05. The van der Waals surface area contributed by atoms with Crippen molar-refractivity contribution in [2.24, 2.45) is 0 Å². The number of nitrogens with one attached hydrogen (secondary N) is 2. The van der Waals surface area contributed by atoms with Crippen molar-refractivity contribution in [1.82, 2.24) is 25.8 Å². The van der Waals surface area contributed by atoms with Gasteiger partial charge in [-0.15, -0.1) is 5.10 Å². The Bertz CT molecular complexity index is 992. The van der Waals surface area contributed by atoms with Crippen molar-refractivity contribution in [2.75, 3.05) is 0 Å². The van der Waals surface area contributed by atoms with E-state index in [4.69, 9.17) is 16.0 Å². The number of benzene rings is 1. The molecule has 0 aliphatic heterocycles. The number of aryl methyl sites for hydroxylation is 3. The Kier molecular flexibility index (Phi) is 4.77. The Morgan fingerprint density at radius 3 is 2.46 bits per heavy atom. The van der Waals surface area contributed by atoms with Crippen LogP contribution < -0.4 is 10.9 Å². The molecular weight excluding hydrogens is 358 g/mol. The summed E-state index contributed by atoms with van der Waals surface area (Å²) in [6.07, 6.45) is 0. The van der Waals surface area contributed by atoms with Gasteiger partial charge >= 0.3 is 0 Å². The first-order chi connectivity index (χ1) is 12.3. The topological polar surface area (TPSA) is 102 Å². The quantitative estimate of drug-likeness (QED) is 0.687. The van der Waals surface area contributed by atoms with E-state index in [0.717, 1.165) is 0 Å². The normalized spacial score (nSPS) is 10.6. The zero-order chi connectivity index (χ0) is 18.8. The molecule has 2 aromatic heterocycles. The van der Waals surface area contributed by atoms with Crippen molar-refractivity contribution in [3.05, 3.63) is 63.8 Å². The molecule has 0 aliphatic carbocycles. The molecule has 8 nitrogen and oxygen atoms in total. The van der Waals surface area contributed by atoms with Gasteiger partial charge in [0.25, 0.3) is 11.8 Å². The standard InChI is InChI=1S/C17H16ClN5O3/c1-9-7-14(11(3)26-9)16(24)19-20-17(25)15-10(2)21-23(22-15)13-6-4-5-12(18)8-13/h4-8H,1-3H3,(H,19,24)(H,20,25). The van der Waals surface area contributed by atoms with Gasteiger partial charge in [-0.05, 0) is 45.0 Å². The fraction of sp³-hybridized carbons (Fsp3) is 0.176. The third-order valence-corrected chi connectivity index (χ3v) is 3.85. The fourth-order valence-electron chi connectivity index (χ4n) is 2.40. The van der Waals surface area contributed by atoms with Gasteiger partial charge in [-0.25, -0.2) is 0 Å². The molecular formula is C17H16ClN5O3. The Hall–Kier alpha value is -3.13. The number of hydrazine groups is 1. The van der Waals surface area contributed by atoms with E-state index in [-0.39, 0.29) is 5.69 Å². The van der Waals surface area contributed by atoms with Crippen LogP contribution in [0.15, 0.2) is 34.7 Å². The average Bonchev–Trinajstić information content (AvgIpc) is 3.14. The van der Waals surface area contributed by atoms with Gasteiger partial charge in [0.05, 0.1) is 16.9 Å². The van der Waals surface area contributed by atoms with Crippen molar-refractivity contribution in [1.29, 1.82) is 0 Å². The van der Waals surface area contributed by atoms with E-state index in [1.807, 2.05) is 0 Å². The molecule has 0 radical (unpaired) electrons. The van der Waals surface area contributed by atoms with Crippen LogP contribution in [-0.4, -0.2) is 26.8 Å². The Labute approximate surface area is 154 Å². The lowest BCUT2D eigenvalue weighted by atomic mass is 10.2. The van der Waals surface area contributed by atoms with Gasteiger partial charge in [0, 0.05) is 5.02 Å². The third kappa shape index (κ3) is 3.60. The van der Waals surface area contributed by atoms with E-state index in [2.05, 4.69) is 21.0 Å². The molecule has 0 saturated carbocycles. The zero-order valence-electron chi connectivity index (χ0n) is 14.3. The van der Waals surface area contributed by atoms with E-state index >= 15 is 0 Å². The number of halogens is 1. The fourth-order valence-corrected chi connectivity index (χ4v) is 2.59. The molecule has 3 aromatic rings. The van der Waals surface area contributed by atoms with Crippen LogP contribution in [0.2, 0.25) is 5.02 Å². The highest BCUT2D eigenvalue weighted by molar-refractivity contribution is 6.30. The highest BCUT2D eigenvalue weighted by atomic mass is 35.5. The summed E-state index contributed by atoms with van der Waals surface area (Å²) in [6.45, 7) is 5.05. The average molecular weight is 374 g/mol. The maximum atomic E-state index is 12.3. The van der Waals surface area contributed by atoms with Gasteiger partial charge < -0.3 is 4.42 Å². The zero-order valence-corrected chi connectivity index (χ0v) is 15.1. The largest absolute Gasteiger partial charge is 0.466 e. The summed E-state index contributed by atoms with van der Waals surface area (Å²) in [6, 6.07) is 8.51. The summed E-state index contributed by atoms with van der Waals surface area (Å²) in [5.41, 5.74) is 6.13. The summed E-state index contributed by atoms with van der Waals surface area (Å²) >= 11 is 5.96. The molecule has 134 valence electrons. The number of nitrogens with zero attached hydrogens (tertiary/aromatic N) is 3. The lowest BCUT2D eigenvalue weighted by Crippen LogP contribution is -2.42. The van der Waals surface area contributed by atoms with Gasteiger partial charge in [0.1, 0.15) is 11.5 Å². The molecule has 0 fully saturated rings. The summed E-state index contributed by atoms with van der Waals surface area (Å²) in [5, 5.41) is 8.89. The lowest BCUT2D eigenvalue weighted by molar-refractivity contribution is 0.0842. The maximum Gasteiger partial charge on any atom is 0.292 e. The number of carbonyl (C=O) groups excluding carboxylic acids is 2. The molecule has 0 unspecified atom stereocenters. The molecule has 2 N–H and O–H groups in total. The van der Waals surface area contributed by atoms with Crippen LogP contribution in [0.4, 0.5) is 0 Å². The molecule has 9 heteroatoms. The van der Waals surface area contributed by atoms with Crippen LogP contribution >= 0.6 is 11.6 Å². The van der Waals surface area contributed by atoms with Gasteiger partial charge in [0.2, 0.25) is 0 Å². The van der Waals surface area contributed by atoms with Crippen molar-refractivity contribution >= 4 is 23.4 Å². The number of furan rings is 1. The summed E-state index contributed by atoms with van der Waals surface area (Å²) < 4.78 is 5.30. The van der Waals surface area contributed by atoms with Gasteiger partial charge in [-0.1, -0.05) is 17.7 Å². The molecule has 0 atom stereocenters. The molecule has 0 spiro atoms. The van der Waals surface area contributed by atoms with Gasteiger partial charge in [0.15, 0.2) is 5.69 Å². The highest BCUT2D eigenvalue weighted by Crippen LogP contribution is 2.15. The molecule has 0 aliphatic rings. The summed E-state index contributed by atoms with van der Waals surface area (Å²) in [7, 11) is 0. The van der Waals surface area contributed by atoms with Gasteiger partial charge in [-0.2, -0.15) is 9.90 Å². The van der Waals surface area contributed by atoms with Crippen LogP contribution in [0, 0.1) is 20.8 Å². The van der Waals surface area contributed by atoms with E-state index in [9.17, 15) is 9.59 Å². The highest BCUT2D eigenvalue weighted by Gasteiger charge is 2.19. The Morgan fingerprint density at radius 2 is 1.81 bits per heavy atom. The SMILES string of the molecule is Cc1cc(C(=O)NNC(=O)c2nn(-c3cccc(Cl)c3)nc2C)c(C)o1. The number of amides is 2. The summed E-state index contributed by atoms with van der Waals surface area (Å²) in [5.74, 6) is 0.0196. The van der Waals surface area contributed by atoms with Crippen molar-refractivity contribution < 1.29 is 14.0 Å². The molecule has 0 saturated heterocycles. The molecule has 2 amide bonds. The van der Waals surface area contributed by atoms with Crippen LogP contribution in [-0.2, 0) is 0 Å². The minimum absolute atomic E-state index is 0.0883. The smallest absolute Gasteiger partial charge is 0.292 e. The van der Waals surface area contributed by atoms with Crippen LogP contribution in [0.25, 0.3) is 5.69 Å². The second kappa shape index (κ2) is 7.01. The first kappa shape index (κ1) is 17.7. The Balaban J connectivity index is 1.72. The maximum absolute atomic E-state index is 12.3. The van der Waals surface area contributed by atoms with Gasteiger partial charge in [-0.3, -0.25) is 20.4 Å². The van der Waals surface area contributed by atoms with E-state index in [1.54, 1.807) is 51.1 Å². The minimum atomic E-state index is -0.581. The number of carbonyl (C=O) groups is 2. The molecule has 3 rings (SSSR count). The van der Waals surface area contributed by atoms with Crippen LogP contribution in [0.1, 0.15) is 38.1 Å². The number of hydrogen-bond donors (Lipinski definition) is 2. The van der Waals surface area contributed by atoms with E-state index in [0.29, 0.717) is 33.5 Å². The molecule has 0 bridgehead atoms. The predicted octanol–water partition coefficient (Wildman–Crippen LogP) is 2.51. The summed E-state index contributed by atoms with van der Waals surface area (Å²) in [4.78, 5) is 25.7. The van der Waals surface area contributed by atoms with Crippen LogP contribution in [0.3, 0.4) is 0 Å². The predicted molar refractivity (Wildman–Crippen MR) is 94.2 cm³/mol. The van der Waals surface area contributed by atoms with Crippen molar-refractivity contribution in [3.8, 4) is 5.69 Å². The van der Waals surface area contributed by atoms with E-state index in [1.165, 1.54) is 4.80 Å². The first-order valence-corrected chi connectivity index (χ1v) is 8.10. The minimum Gasteiger partial charge on any atom is -0.466 e. The number of aromatic nitrogens is 3. The number of hydrogen-bond acceptors (Lipinski definition) is 5. The van der Waals surface area contributed by atoms with Crippen LogP contribution in [0.5, 0.6) is 0 Å². The third-order valence-electron chi connectivity index (χ3n) is 3.61. The second-order valence-corrected chi connectivity index (χ2v) is 6.07. The molecule has 1 aromatic carbocycles. The first-order valence-electron chi connectivity index (χ1n) is 7.73. The monoisotopic (exact) mass is 373 g/mol. The van der Waals surface area contributed by atoms with E-state index < -0.39 is 11.8 Å². The number of rotatable bonds is 3. The molecule has 26 heavy (non-hydrogen) atoms. The molecule has 2 heterocycles. The Morgan fingerprint density at radius 1 is 1.08 bits per heavy atom. The van der Waals surface area contributed by atoms with Crippen molar-refractivity contribution in [2.45, 2.75) is 20.8 Å². The van der Waals surface area contributed by atoms with Crippen molar-refractivity contribution in [3.63, 3.8) is 0 Å². The second-order valence-electron chi connectivity index (χ2n) is 5.64.